The Labute approximate surface area is 168 Å². The molecule has 2 heterocycles. The maximum absolute atomic E-state index is 12.9. The number of rotatable bonds is 4. The van der Waals surface area contributed by atoms with Gasteiger partial charge < -0.3 is 14.8 Å². The average Bonchev–Trinajstić information content (AvgIpc) is 2.87. The van der Waals surface area contributed by atoms with Gasteiger partial charge in [-0.25, -0.2) is 8.42 Å². The third kappa shape index (κ3) is 4.44. The molecule has 8 heteroatoms. The van der Waals surface area contributed by atoms with Crippen molar-refractivity contribution >= 4 is 33.2 Å². The van der Waals surface area contributed by atoms with Gasteiger partial charge in [-0.15, -0.1) is 11.8 Å². The van der Waals surface area contributed by atoms with Gasteiger partial charge in [-0.05, 0) is 30.7 Å². The quantitative estimate of drug-likeness (QED) is 0.818. The summed E-state index contributed by atoms with van der Waals surface area (Å²) in [5.74, 6) is 1.44. The largest absolute Gasteiger partial charge is 0.490 e. The van der Waals surface area contributed by atoms with Crippen LogP contribution < -0.4 is 14.8 Å². The zero-order valence-corrected chi connectivity index (χ0v) is 16.9. The Hall–Kier alpha value is -2.19. The number of carbonyl (C=O) groups is 1. The van der Waals surface area contributed by atoms with Crippen LogP contribution in [0.3, 0.4) is 0 Å². The number of nitrogens with one attached hydrogen (secondary N) is 1. The van der Waals surface area contributed by atoms with Crippen LogP contribution in [0, 0.1) is 0 Å². The molecule has 1 atom stereocenters. The second kappa shape index (κ2) is 8.05. The number of benzene rings is 2. The molecule has 0 radical (unpaired) electrons. The van der Waals surface area contributed by atoms with Crippen LogP contribution in [0.4, 0.5) is 5.69 Å². The Morgan fingerprint density at radius 2 is 1.86 bits per heavy atom. The van der Waals surface area contributed by atoms with Gasteiger partial charge in [-0.3, -0.25) is 4.79 Å². The second-order valence-corrected chi connectivity index (χ2v) is 10.4. The van der Waals surface area contributed by atoms with Crippen molar-refractivity contribution in [2.45, 2.75) is 23.0 Å². The molecule has 0 aromatic heterocycles. The van der Waals surface area contributed by atoms with Crippen LogP contribution in [0.1, 0.15) is 23.2 Å². The monoisotopic (exact) mass is 419 g/mol. The lowest BCUT2D eigenvalue weighted by Gasteiger charge is -2.14. The van der Waals surface area contributed by atoms with Gasteiger partial charge in [0, 0.05) is 28.3 Å². The molecule has 2 aromatic rings. The second-order valence-electron chi connectivity index (χ2n) is 6.81. The molecule has 4 rings (SSSR count). The minimum Gasteiger partial charge on any atom is -0.490 e. The first kappa shape index (κ1) is 19.1. The van der Waals surface area contributed by atoms with Crippen LogP contribution in [0.5, 0.6) is 11.5 Å². The molecule has 0 unspecified atom stereocenters. The van der Waals surface area contributed by atoms with Crippen LogP contribution in [-0.4, -0.2) is 44.3 Å². The molecule has 1 N–H and O–H groups in total. The highest BCUT2D eigenvalue weighted by molar-refractivity contribution is 8.02. The van der Waals surface area contributed by atoms with Crippen molar-refractivity contribution in [1.82, 2.24) is 0 Å². The number of thioether (sulfide) groups is 1. The number of amides is 1. The van der Waals surface area contributed by atoms with E-state index >= 15 is 0 Å². The summed E-state index contributed by atoms with van der Waals surface area (Å²) in [4.78, 5) is 13.6. The van der Waals surface area contributed by atoms with Crippen molar-refractivity contribution < 1.29 is 22.7 Å². The Morgan fingerprint density at radius 1 is 1.07 bits per heavy atom. The van der Waals surface area contributed by atoms with E-state index in [1.54, 1.807) is 30.3 Å². The summed E-state index contributed by atoms with van der Waals surface area (Å²) in [7, 11) is -2.96. The van der Waals surface area contributed by atoms with E-state index in [1.165, 1.54) is 11.8 Å². The fraction of sp³-hybridized carbons (Fsp3) is 0.350. The van der Waals surface area contributed by atoms with Gasteiger partial charge in [0.15, 0.2) is 21.3 Å². The molecular weight excluding hydrogens is 398 g/mol. The minimum atomic E-state index is -2.96. The maximum atomic E-state index is 12.9. The lowest BCUT2D eigenvalue weighted by molar-refractivity contribution is 0.102. The van der Waals surface area contributed by atoms with Gasteiger partial charge in [-0.2, -0.15) is 0 Å². The van der Waals surface area contributed by atoms with Crippen molar-refractivity contribution in [2.24, 2.45) is 0 Å². The predicted octanol–water partition coefficient (Wildman–Crippen LogP) is 3.38. The first-order chi connectivity index (χ1) is 13.5. The molecule has 0 aliphatic carbocycles. The molecule has 2 aliphatic rings. The van der Waals surface area contributed by atoms with Crippen molar-refractivity contribution in [3.8, 4) is 11.5 Å². The van der Waals surface area contributed by atoms with Gasteiger partial charge in [-0.1, -0.05) is 12.1 Å². The van der Waals surface area contributed by atoms with Crippen LogP contribution in [0.15, 0.2) is 47.4 Å². The van der Waals surface area contributed by atoms with Gasteiger partial charge in [0.1, 0.15) is 0 Å². The first-order valence-electron chi connectivity index (χ1n) is 9.17. The Bertz CT molecular complexity index is 990. The maximum Gasteiger partial charge on any atom is 0.256 e. The number of anilines is 1. The van der Waals surface area contributed by atoms with Gasteiger partial charge in [0.05, 0.1) is 30.3 Å². The summed E-state index contributed by atoms with van der Waals surface area (Å²) in [6.07, 6.45) is 1.43. The van der Waals surface area contributed by atoms with E-state index < -0.39 is 9.84 Å². The highest BCUT2D eigenvalue weighted by Gasteiger charge is 2.29. The molecule has 6 nitrogen and oxygen atoms in total. The van der Waals surface area contributed by atoms with E-state index in [0.29, 0.717) is 42.4 Å². The Kier molecular flexibility index (Phi) is 5.50. The normalized spacial score (nSPS) is 20.4. The summed E-state index contributed by atoms with van der Waals surface area (Å²) in [5, 5.41) is 2.89. The average molecular weight is 420 g/mol. The summed E-state index contributed by atoms with van der Waals surface area (Å²) in [5.41, 5.74) is 1.15. The molecule has 1 saturated heterocycles. The SMILES string of the molecule is O=C(Nc1ccc2c(c1)OCCCO2)c1ccccc1S[C@H]1CCS(=O)(=O)C1. The number of hydrogen-bond donors (Lipinski definition) is 1. The first-order valence-corrected chi connectivity index (χ1v) is 11.9. The summed E-state index contributed by atoms with van der Waals surface area (Å²) < 4.78 is 34.7. The molecule has 2 aliphatic heterocycles. The highest BCUT2D eigenvalue weighted by Crippen LogP contribution is 2.35. The Morgan fingerprint density at radius 3 is 2.64 bits per heavy atom. The van der Waals surface area contributed by atoms with Crippen LogP contribution in [0.25, 0.3) is 0 Å². The Balaban J connectivity index is 1.50. The molecule has 2 aromatic carbocycles. The fourth-order valence-electron chi connectivity index (χ4n) is 3.23. The van der Waals surface area contributed by atoms with Crippen molar-refractivity contribution in [3.63, 3.8) is 0 Å². The van der Waals surface area contributed by atoms with E-state index in [0.717, 1.165) is 11.3 Å². The molecular formula is C20H21NO5S2. The zero-order valence-electron chi connectivity index (χ0n) is 15.2. The highest BCUT2D eigenvalue weighted by atomic mass is 32.2. The van der Waals surface area contributed by atoms with Crippen molar-refractivity contribution in [3.05, 3.63) is 48.0 Å². The van der Waals surface area contributed by atoms with E-state index in [2.05, 4.69) is 5.32 Å². The topological polar surface area (TPSA) is 81.7 Å². The number of hydrogen-bond acceptors (Lipinski definition) is 6. The minimum absolute atomic E-state index is 0.0167. The fourth-order valence-corrected chi connectivity index (χ4v) is 6.86. The predicted molar refractivity (Wildman–Crippen MR) is 109 cm³/mol. The van der Waals surface area contributed by atoms with E-state index in [9.17, 15) is 13.2 Å². The van der Waals surface area contributed by atoms with Crippen LogP contribution in [-0.2, 0) is 9.84 Å². The molecule has 0 bridgehead atoms. The van der Waals surface area contributed by atoms with E-state index in [4.69, 9.17) is 9.47 Å². The zero-order chi connectivity index (χ0) is 19.6. The van der Waals surface area contributed by atoms with Crippen molar-refractivity contribution in [1.29, 1.82) is 0 Å². The lowest BCUT2D eigenvalue weighted by Crippen LogP contribution is -2.14. The third-order valence-electron chi connectivity index (χ3n) is 4.62. The molecule has 28 heavy (non-hydrogen) atoms. The van der Waals surface area contributed by atoms with Crippen molar-refractivity contribution in [2.75, 3.05) is 30.0 Å². The van der Waals surface area contributed by atoms with Gasteiger partial charge in [0.2, 0.25) is 0 Å². The van der Waals surface area contributed by atoms with E-state index in [1.807, 2.05) is 12.1 Å². The van der Waals surface area contributed by atoms with Crippen LogP contribution in [0.2, 0.25) is 0 Å². The molecule has 1 amide bonds. The molecule has 1 fully saturated rings. The van der Waals surface area contributed by atoms with E-state index in [-0.39, 0.29) is 22.7 Å². The summed E-state index contributed by atoms with van der Waals surface area (Å²) >= 11 is 1.46. The van der Waals surface area contributed by atoms with Gasteiger partial charge in [0.25, 0.3) is 5.91 Å². The summed E-state index contributed by atoms with van der Waals surface area (Å²) in [6, 6.07) is 12.6. The third-order valence-corrected chi connectivity index (χ3v) is 7.95. The van der Waals surface area contributed by atoms with Gasteiger partial charge >= 0.3 is 0 Å². The lowest BCUT2D eigenvalue weighted by atomic mass is 10.2. The number of sulfone groups is 1. The number of carbonyl (C=O) groups excluding carboxylic acids is 1. The standard InChI is InChI=1S/C20H21NO5S2/c22-20(21-14-6-7-17-18(12-14)26-10-3-9-25-17)16-4-1-2-5-19(16)27-15-8-11-28(23,24)13-15/h1-2,4-7,12,15H,3,8-11,13H2,(H,21,22)/t15-/m0/s1. The molecule has 0 spiro atoms. The number of ether oxygens (including phenoxy) is 2. The summed E-state index contributed by atoms with van der Waals surface area (Å²) in [6.45, 7) is 1.19. The molecule has 0 saturated carbocycles. The van der Waals surface area contributed by atoms with Crippen LogP contribution >= 0.6 is 11.8 Å². The smallest absolute Gasteiger partial charge is 0.256 e. The molecule has 148 valence electrons. The number of fused-ring (bicyclic) bond motifs is 1.